The number of methoxy groups -OCH3 is 1. The SMILES string of the molecule is COc1cc(C=Nn2c(C)nc3ccc(Br)cc3c2=O)cc(Br)c1OCC(=O)Nc1ccc(Cl)cc1. The molecule has 184 valence electrons. The van der Waals surface area contributed by atoms with Gasteiger partial charge in [0.1, 0.15) is 5.82 Å². The predicted octanol–water partition coefficient (Wildman–Crippen LogP) is 5.79. The van der Waals surface area contributed by atoms with E-state index >= 15 is 0 Å². The average molecular weight is 635 g/mol. The van der Waals surface area contributed by atoms with E-state index in [0.717, 1.165) is 4.47 Å². The molecule has 1 aromatic heterocycles. The van der Waals surface area contributed by atoms with Gasteiger partial charge in [-0.05, 0) is 83.0 Å². The van der Waals surface area contributed by atoms with Gasteiger partial charge in [-0.2, -0.15) is 9.78 Å². The molecule has 0 atom stereocenters. The van der Waals surface area contributed by atoms with Crippen LogP contribution in [0, 0.1) is 6.92 Å². The van der Waals surface area contributed by atoms with Crippen molar-refractivity contribution in [3.8, 4) is 11.5 Å². The summed E-state index contributed by atoms with van der Waals surface area (Å²) in [5, 5.41) is 8.10. The third-order valence-electron chi connectivity index (χ3n) is 5.02. The van der Waals surface area contributed by atoms with E-state index in [1.165, 1.54) is 18.0 Å². The first kappa shape index (κ1) is 25.9. The number of fused-ring (bicyclic) bond motifs is 1. The number of halogens is 3. The van der Waals surface area contributed by atoms with Crippen molar-refractivity contribution in [2.24, 2.45) is 5.10 Å². The van der Waals surface area contributed by atoms with Gasteiger partial charge in [-0.1, -0.05) is 27.5 Å². The van der Waals surface area contributed by atoms with Crippen LogP contribution in [0.3, 0.4) is 0 Å². The Morgan fingerprint density at radius 2 is 1.92 bits per heavy atom. The second kappa shape index (κ2) is 11.2. The molecule has 3 aromatic carbocycles. The lowest BCUT2D eigenvalue weighted by Crippen LogP contribution is -2.21. The van der Waals surface area contributed by atoms with E-state index in [1.54, 1.807) is 55.5 Å². The Kier molecular flexibility index (Phi) is 8.07. The number of nitrogens with one attached hydrogen (secondary N) is 1. The fourth-order valence-corrected chi connectivity index (χ4v) is 4.40. The summed E-state index contributed by atoms with van der Waals surface area (Å²) < 4.78 is 13.7. The topological polar surface area (TPSA) is 94.8 Å². The normalized spacial score (nSPS) is 11.1. The Morgan fingerprint density at radius 1 is 1.17 bits per heavy atom. The van der Waals surface area contributed by atoms with Gasteiger partial charge in [0.15, 0.2) is 18.1 Å². The second-order valence-electron chi connectivity index (χ2n) is 7.56. The molecule has 0 saturated heterocycles. The molecule has 0 aliphatic rings. The third-order valence-corrected chi connectivity index (χ3v) is 6.35. The molecule has 0 fully saturated rings. The van der Waals surface area contributed by atoms with Gasteiger partial charge in [0.05, 0.1) is 28.7 Å². The minimum absolute atomic E-state index is 0.238. The maximum atomic E-state index is 13.0. The lowest BCUT2D eigenvalue weighted by atomic mass is 10.2. The van der Waals surface area contributed by atoms with Crippen molar-refractivity contribution in [2.75, 3.05) is 19.0 Å². The standard InChI is InChI=1S/C25H19Br2ClN4O4/c1-14-30-21-8-3-16(26)11-19(21)25(34)32(14)29-12-15-9-20(27)24(22(10-15)35-2)36-13-23(33)31-18-6-4-17(28)5-7-18/h3-12H,13H2,1-2H3,(H,31,33). The van der Waals surface area contributed by atoms with Gasteiger partial charge in [0, 0.05) is 15.2 Å². The maximum Gasteiger partial charge on any atom is 0.282 e. The van der Waals surface area contributed by atoms with Crippen LogP contribution < -0.4 is 20.3 Å². The van der Waals surface area contributed by atoms with Crippen molar-refractivity contribution in [1.29, 1.82) is 0 Å². The van der Waals surface area contributed by atoms with E-state index in [0.29, 0.717) is 49.0 Å². The smallest absolute Gasteiger partial charge is 0.282 e. The van der Waals surface area contributed by atoms with Crippen LogP contribution in [-0.2, 0) is 4.79 Å². The van der Waals surface area contributed by atoms with Crippen molar-refractivity contribution in [2.45, 2.75) is 6.92 Å². The van der Waals surface area contributed by atoms with Crippen molar-refractivity contribution >= 4 is 72.2 Å². The van der Waals surface area contributed by atoms with Crippen LogP contribution >= 0.6 is 43.5 Å². The molecule has 0 spiro atoms. The Labute approximate surface area is 228 Å². The van der Waals surface area contributed by atoms with Gasteiger partial charge >= 0.3 is 0 Å². The Hall–Kier alpha value is -3.21. The minimum atomic E-state index is -0.345. The first-order chi connectivity index (χ1) is 17.2. The largest absolute Gasteiger partial charge is 0.493 e. The molecule has 36 heavy (non-hydrogen) atoms. The third kappa shape index (κ3) is 5.95. The van der Waals surface area contributed by atoms with Crippen LogP contribution in [-0.4, -0.2) is 35.5 Å². The molecule has 4 rings (SSSR count). The Morgan fingerprint density at radius 3 is 2.64 bits per heavy atom. The zero-order valence-corrected chi connectivity index (χ0v) is 23.0. The molecule has 4 aromatic rings. The lowest BCUT2D eigenvalue weighted by molar-refractivity contribution is -0.118. The number of aromatic nitrogens is 2. The molecule has 0 unspecified atom stereocenters. The molecular formula is C25H19Br2ClN4O4. The van der Waals surface area contributed by atoms with Crippen molar-refractivity contribution < 1.29 is 14.3 Å². The summed E-state index contributed by atoms with van der Waals surface area (Å²) in [7, 11) is 1.49. The maximum absolute atomic E-state index is 13.0. The number of rotatable bonds is 7. The number of amides is 1. The van der Waals surface area contributed by atoms with Crippen LogP contribution in [0.2, 0.25) is 5.02 Å². The van der Waals surface area contributed by atoms with Gasteiger partial charge in [-0.3, -0.25) is 9.59 Å². The number of carbonyl (C=O) groups is 1. The van der Waals surface area contributed by atoms with E-state index in [-0.39, 0.29) is 18.1 Å². The van der Waals surface area contributed by atoms with Crippen LogP contribution in [0.4, 0.5) is 5.69 Å². The molecule has 1 amide bonds. The molecule has 0 saturated carbocycles. The van der Waals surface area contributed by atoms with Crippen molar-refractivity contribution in [3.63, 3.8) is 0 Å². The summed E-state index contributed by atoms with van der Waals surface area (Å²) in [4.78, 5) is 29.7. The molecule has 1 heterocycles. The number of nitrogens with zero attached hydrogens (tertiary/aromatic N) is 3. The fraction of sp³-hybridized carbons (Fsp3) is 0.120. The predicted molar refractivity (Wildman–Crippen MR) is 148 cm³/mol. The van der Waals surface area contributed by atoms with Gasteiger partial charge < -0.3 is 14.8 Å². The molecule has 0 aliphatic heterocycles. The highest BCUT2D eigenvalue weighted by molar-refractivity contribution is 9.10. The monoisotopic (exact) mass is 632 g/mol. The molecule has 0 radical (unpaired) electrons. The highest BCUT2D eigenvalue weighted by atomic mass is 79.9. The highest BCUT2D eigenvalue weighted by Gasteiger charge is 2.14. The van der Waals surface area contributed by atoms with Crippen LogP contribution in [0.5, 0.6) is 11.5 Å². The summed E-state index contributed by atoms with van der Waals surface area (Å²) in [5.41, 5.74) is 1.55. The summed E-state index contributed by atoms with van der Waals surface area (Å²) >= 11 is 12.7. The van der Waals surface area contributed by atoms with E-state index in [9.17, 15) is 9.59 Å². The van der Waals surface area contributed by atoms with E-state index in [2.05, 4.69) is 47.3 Å². The first-order valence-corrected chi connectivity index (χ1v) is 12.5. The Bertz CT molecular complexity index is 1540. The zero-order chi connectivity index (χ0) is 25.8. The fourth-order valence-electron chi connectivity index (χ4n) is 3.34. The molecule has 1 N–H and O–H groups in total. The summed E-state index contributed by atoms with van der Waals surface area (Å²) in [6, 6.07) is 15.5. The number of ether oxygens (including phenoxy) is 2. The summed E-state index contributed by atoms with van der Waals surface area (Å²) in [6.07, 6.45) is 1.52. The summed E-state index contributed by atoms with van der Waals surface area (Å²) in [6.45, 7) is 1.47. The first-order valence-electron chi connectivity index (χ1n) is 10.5. The van der Waals surface area contributed by atoms with E-state index in [1.807, 2.05) is 6.07 Å². The molecule has 0 bridgehead atoms. The number of hydrogen-bond donors (Lipinski definition) is 1. The molecule has 11 heteroatoms. The number of anilines is 1. The van der Waals surface area contributed by atoms with Gasteiger partial charge in [-0.15, -0.1) is 0 Å². The van der Waals surface area contributed by atoms with E-state index < -0.39 is 0 Å². The Balaban J connectivity index is 1.54. The van der Waals surface area contributed by atoms with Crippen molar-refractivity contribution in [1.82, 2.24) is 9.66 Å². The molecular weight excluding hydrogens is 616 g/mol. The number of hydrogen-bond acceptors (Lipinski definition) is 6. The van der Waals surface area contributed by atoms with E-state index in [4.69, 9.17) is 21.1 Å². The minimum Gasteiger partial charge on any atom is -0.493 e. The second-order valence-corrected chi connectivity index (χ2v) is 9.77. The van der Waals surface area contributed by atoms with Crippen LogP contribution in [0.15, 0.2) is 73.4 Å². The zero-order valence-electron chi connectivity index (χ0n) is 19.1. The summed E-state index contributed by atoms with van der Waals surface area (Å²) in [5.74, 6) is 0.840. The van der Waals surface area contributed by atoms with Crippen LogP contribution in [0.1, 0.15) is 11.4 Å². The lowest BCUT2D eigenvalue weighted by Gasteiger charge is -2.13. The number of benzene rings is 3. The highest BCUT2D eigenvalue weighted by Crippen LogP contribution is 2.36. The molecule has 0 aliphatic carbocycles. The molecule has 8 nitrogen and oxygen atoms in total. The number of carbonyl (C=O) groups excluding carboxylic acids is 1. The van der Waals surface area contributed by atoms with Gasteiger partial charge in [-0.25, -0.2) is 4.98 Å². The quantitative estimate of drug-likeness (QED) is 0.260. The average Bonchev–Trinajstić information content (AvgIpc) is 2.85. The van der Waals surface area contributed by atoms with Gasteiger partial charge in [0.2, 0.25) is 0 Å². The van der Waals surface area contributed by atoms with Crippen molar-refractivity contribution in [3.05, 3.63) is 90.3 Å². The number of aryl methyl sites for hydroxylation is 1. The van der Waals surface area contributed by atoms with Crippen LogP contribution in [0.25, 0.3) is 10.9 Å². The van der Waals surface area contributed by atoms with Gasteiger partial charge in [0.25, 0.3) is 11.5 Å².